The van der Waals surface area contributed by atoms with Crippen molar-refractivity contribution in [1.82, 2.24) is 0 Å². The summed E-state index contributed by atoms with van der Waals surface area (Å²) in [6, 6.07) is 9.89. The Morgan fingerprint density at radius 2 is 1.86 bits per heavy atom. The molecule has 0 heterocycles. The average molecular weight is 323 g/mol. The maximum absolute atomic E-state index is 11.7. The van der Waals surface area contributed by atoms with E-state index in [0.717, 1.165) is 5.56 Å². The lowest BCUT2D eigenvalue weighted by molar-refractivity contribution is 0.0597. The third-order valence-electron chi connectivity index (χ3n) is 2.87. The number of esters is 1. The van der Waals surface area contributed by atoms with Gasteiger partial charge < -0.3 is 9.84 Å². The Morgan fingerprint density at radius 1 is 1.14 bits per heavy atom. The average Bonchev–Trinajstić information content (AvgIpc) is 2.45. The smallest absolute Gasteiger partial charge is 0.342 e. The van der Waals surface area contributed by atoms with Gasteiger partial charge in [-0.1, -0.05) is 53.6 Å². The summed E-state index contributed by atoms with van der Waals surface area (Å²) in [5.41, 5.74) is 1.40. The summed E-state index contributed by atoms with van der Waals surface area (Å²) in [6.45, 7) is 0. The number of rotatable bonds is 3. The third-order valence-corrected chi connectivity index (χ3v) is 3.43. The van der Waals surface area contributed by atoms with Crippen molar-refractivity contribution in [2.75, 3.05) is 7.11 Å². The van der Waals surface area contributed by atoms with Gasteiger partial charge in [0.25, 0.3) is 0 Å². The standard InChI is InChI=1S/C16H12Cl2O3/c1-21-16(20)15-11(3-2-4-14(15)19)6-5-10-7-8-12(17)9-13(10)18/h2-9,19H,1H3/b6-5+. The summed E-state index contributed by atoms with van der Waals surface area (Å²) in [4.78, 5) is 11.7. The SMILES string of the molecule is COC(=O)c1c(O)cccc1/C=C/c1ccc(Cl)cc1Cl. The molecule has 0 aliphatic rings. The zero-order chi connectivity index (χ0) is 15.4. The molecule has 0 aromatic heterocycles. The van der Waals surface area contributed by atoms with Crippen LogP contribution in [0.2, 0.25) is 10.0 Å². The molecule has 0 aliphatic heterocycles. The van der Waals surface area contributed by atoms with Gasteiger partial charge >= 0.3 is 5.97 Å². The summed E-state index contributed by atoms with van der Waals surface area (Å²) in [5.74, 6) is -0.735. The fraction of sp³-hybridized carbons (Fsp3) is 0.0625. The summed E-state index contributed by atoms with van der Waals surface area (Å²) < 4.78 is 4.67. The van der Waals surface area contributed by atoms with Gasteiger partial charge in [0, 0.05) is 10.0 Å². The van der Waals surface area contributed by atoms with E-state index in [1.54, 1.807) is 42.5 Å². The zero-order valence-electron chi connectivity index (χ0n) is 11.1. The Kier molecular flexibility index (Phi) is 4.89. The van der Waals surface area contributed by atoms with Gasteiger partial charge in [0.05, 0.1) is 7.11 Å². The van der Waals surface area contributed by atoms with E-state index in [1.807, 2.05) is 0 Å². The van der Waals surface area contributed by atoms with Crippen LogP contribution in [0.1, 0.15) is 21.5 Å². The number of benzene rings is 2. The highest BCUT2D eigenvalue weighted by atomic mass is 35.5. The molecule has 0 spiro atoms. The summed E-state index contributed by atoms with van der Waals surface area (Å²) in [7, 11) is 1.26. The van der Waals surface area contributed by atoms with E-state index in [2.05, 4.69) is 4.74 Å². The fourth-order valence-corrected chi connectivity index (χ4v) is 2.31. The van der Waals surface area contributed by atoms with Crippen molar-refractivity contribution in [3.8, 4) is 5.75 Å². The minimum Gasteiger partial charge on any atom is -0.507 e. The van der Waals surface area contributed by atoms with Crippen molar-refractivity contribution in [3.05, 3.63) is 63.1 Å². The molecule has 2 aromatic carbocycles. The normalized spacial score (nSPS) is 10.8. The number of phenolic OH excluding ortho intramolecular Hbond substituents is 1. The van der Waals surface area contributed by atoms with E-state index in [1.165, 1.54) is 13.2 Å². The van der Waals surface area contributed by atoms with Crippen molar-refractivity contribution in [3.63, 3.8) is 0 Å². The van der Waals surface area contributed by atoms with Gasteiger partial charge in [-0.2, -0.15) is 0 Å². The molecule has 0 radical (unpaired) electrons. The number of carbonyl (C=O) groups excluding carboxylic acids is 1. The quantitative estimate of drug-likeness (QED) is 0.660. The van der Waals surface area contributed by atoms with E-state index in [4.69, 9.17) is 23.2 Å². The molecule has 5 heteroatoms. The summed E-state index contributed by atoms with van der Waals surface area (Å²) in [6.07, 6.45) is 3.42. The minimum atomic E-state index is -0.602. The predicted molar refractivity (Wildman–Crippen MR) is 84.8 cm³/mol. The van der Waals surface area contributed by atoms with E-state index in [9.17, 15) is 9.90 Å². The lowest BCUT2D eigenvalue weighted by atomic mass is 10.0. The Labute approximate surface area is 132 Å². The number of hydrogen-bond acceptors (Lipinski definition) is 3. The van der Waals surface area contributed by atoms with Gasteiger partial charge in [-0.05, 0) is 29.3 Å². The Morgan fingerprint density at radius 3 is 2.52 bits per heavy atom. The number of ether oxygens (including phenoxy) is 1. The highest BCUT2D eigenvalue weighted by Gasteiger charge is 2.14. The van der Waals surface area contributed by atoms with Crippen LogP contribution in [0.5, 0.6) is 5.75 Å². The fourth-order valence-electron chi connectivity index (χ4n) is 1.84. The van der Waals surface area contributed by atoms with E-state index < -0.39 is 5.97 Å². The van der Waals surface area contributed by atoms with Crippen molar-refractivity contribution >= 4 is 41.3 Å². The van der Waals surface area contributed by atoms with Crippen LogP contribution in [0.25, 0.3) is 12.2 Å². The first-order valence-electron chi connectivity index (χ1n) is 6.06. The Balaban J connectivity index is 2.41. The molecule has 0 saturated carbocycles. The molecule has 0 saturated heterocycles. The van der Waals surface area contributed by atoms with Gasteiger partial charge in [0.15, 0.2) is 0 Å². The first-order chi connectivity index (χ1) is 10.0. The molecule has 21 heavy (non-hydrogen) atoms. The van der Waals surface area contributed by atoms with Crippen LogP contribution >= 0.6 is 23.2 Å². The Bertz CT molecular complexity index is 709. The van der Waals surface area contributed by atoms with Gasteiger partial charge in [-0.3, -0.25) is 0 Å². The number of hydrogen-bond donors (Lipinski definition) is 1. The number of phenols is 1. The molecule has 2 rings (SSSR count). The topological polar surface area (TPSA) is 46.5 Å². The van der Waals surface area contributed by atoms with Gasteiger partial charge in [-0.15, -0.1) is 0 Å². The van der Waals surface area contributed by atoms with Crippen molar-refractivity contribution in [1.29, 1.82) is 0 Å². The van der Waals surface area contributed by atoms with E-state index >= 15 is 0 Å². The monoisotopic (exact) mass is 322 g/mol. The Hall–Kier alpha value is -1.97. The molecule has 0 bridgehead atoms. The van der Waals surface area contributed by atoms with Gasteiger partial charge in [0.2, 0.25) is 0 Å². The van der Waals surface area contributed by atoms with Crippen LogP contribution in [-0.4, -0.2) is 18.2 Å². The lowest BCUT2D eigenvalue weighted by Crippen LogP contribution is -2.03. The van der Waals surface area contributed by atoms with Gasteiger partial charge in [-0.25, -0.2) is 4.79 Å². The van der Waals surface area contributed by atoms with Crippen LogP contribution in [0.3, 0.4) is 0 Å². The molecule has 0 aliphatic carbocycles. The third kappa shape index (κ3) is 3.57. The number of carbonyl (C=O) groups is 1. The van der Waals surface area contributed by atoms with E-state index in [0.29, 0.717) is 15.6 Å². The number of methoxy groups -OCH3 is 1. The molecule has 0 fully saturated rings. The van der Waals surface area contributed by atoms with Gasteiger partial charge in [0.1, 0.15) is 11.3 Å². The maximum Gasteiger partial charge on any atom is 0.342 e. The van der Waals surface area contributed by atoms with E-state index in [-0.39, 0.29) is 11.3 Å². The molecular weight excluding hydrogens is 311 g/mol. The number of aromatic hydroxyl groups is 1. The second-order valence-electron chi connectivity index (χ2n) is 4.23. The first kappa shape index (κ1) is 15.4. The predicted octanol–water partition coefficient (Wildman–Crippen LogP) is 4.66. The second kappa shape index (κ2) is 6.66. The molecule has 108 valence electrons. The molecular formula is C16H12Cl2O3. The van der Waals surface area contributed by atoms with Crippen LogP contribution in [0, 0.1) is 0 Å². The van der Waals surface area contributed by atoms with Crippen molar-refractivity contribution in [2.45, 2.75) is 0 Å². The first-order valence-corrected chi connectivity index (χ1v) is 6.82. The molecule has 3 nitrogen and oxygen atoms in total. The molecule has 0 amide bonds. The van der Waals surface area contributed by atoms with Crippen LogP contribution in [-0.2, 0) is 4.74 Å². The largest absolute Gasteiger partial charge is 0.507 e. The van der Waals surface area contributed by atoms with Crippen LogP contribution in [0.15, 0.2) is 36.4 Å². The summed E-state index contributed by atoms with van der Waals surface area (Å²) in [5, 5.41) is 10.8. The molecule has 0 atom stereocenters. The van der Waals surface area contributed by atoms with Crippen LogP contribution in [0.4, 0.5) is 0 Å². The number of halogens is 2. The molecule has 2 aromatic rings. The lowest BCUT2D eigenvalue weighted by Gasteiger charge is -2.06. The highest BCUT2D eigenvalue weighted by Crippen LogP contribution is 2.26. The second-order valence-corrected chi connectivity index (χ2v) is 5.08. The zero-order valence-corrected chi connectivity index (χ0v) is 12.7. The maximum atomic E-state index is 11.7. The van der Waals surface area contributed by atoms with Crippen molar-refractivity contribution in [2.24, 2.45) is 0 Å². The minimum absolute atomic E-state index is 0.112. The van der Waals surface area contributed by atoms with Crippen molar-refractivity contribution < 1.29 is 14.6 Å². The summed E-state index contributed by atoms with van der Waals surface area (Å²) >= 11 is 11.9. The molecule has 0 unspecified atom stereocenters. The van der Waals surface area contributed by atoms with Crippen LogP contribution < -0.4 is 0 Å². The molecule has 1 N–H and O–H groups in total. The highest BCUT2D eigenvalue weighted by molar-refractivity contribution is 6.35.